The number of ether oxygens (including phenoxy) is 2. The fourth-order valence-electron chi connectivity index (χ4n) is 4.96. The highest BCUT2D eigenvalue weighted by molar-refractivity contribution is 5.92. The van der Waals surface area contributed by atoms with E-state index in [0.29, 0.717) is 18.5 Å². The monoisotopic (exact) mass is 440 g/mol. The third kappa shape index (κ3) is 4.61. The van der Waals surface area contributed by atoms with Crippen LogP contribution in [0.25, 0.3) is 0 Å². The second-order valence-electron chi connectivity index (χ2n) is 8.98. The van der Waals surface area contributed by atoms with E-state index in [-0.39, 0.29) is 5.91 Å². The van der Waals surface area contributed by atoms with Crippen LogP contribution < -0.4 is 9.47 Å². The maximum atomic E-state index is 12.9. The van der Waals surface area contributed by atoms with Gasteiger partial charge in [-0.15, -0.1) is 0 Å². The van der Waals surface area contributed by atoms with Crippen molar-refractivity contribution in [3.8, 4) is 11.5 Å². The Morgan fingerprint density at radius 1 is 1.09 bits per heavy atom. The van der Waals surface area contributed by atoms with Gasteiger partial charge in [-0.1, -0.05) is 18.1 Å². The molecule has 1 unspecified atom stereocenters. The molecule has 0 aliphatic carbocycles. The molecule has 4 heterocycles. The number of piperazine rings is 1. The van der Waals surface area contributed by atoms with Crippen molar-refractivity contribution >= 4 is 5.91 Å². The third-order valence-corrected chi connectivity index (χ3v) is 6.72. The first-order valence-electron chi connectivity index (χ1n) is 11.8. The number of carbonyl (C=O) groups is 1. The number of nitrogens with zero attached hydrogens (tertiary/aromatic N) is 4. The summed E-state index contributed by atoms with van der Waals surface area (Å²) in [6.07, 6.45) is 3.98. The molecule has 0 saturated carbocycles. The highest BCUT2D eigenvalue weighted by Crippen LogP contribution is 2.33. The summed E-state index contributed by atoms with van der Waals surface area (Å²) in [4.78, 5) is 19.9. The van der Waals surface area contributed by atoms with Crippen molar-refractivity contribution in [2.75, 3.05) is 46.1 Å². The largest absolute Gasteiger partial charge is 0.454 e. The maximum Gasteiger partial charge on any atom is 0.276 e. The number of aromatic nitrogens is 1. The van der Waals surface area contributed by atoms with Crippen molar-refractivity contribution < 1.29 is 18.8 Å². The molecule has 3 aliphatic heterocycles. The molecule has 0 radical (unpaired) electrons. The lowest BCUT2D eigenvalue weighted by molar-refractivity contribution is 0.0401. The lowest BCUT2D eigenvalue weighted by Gasteiger charge is -2.43. The topological polar surface area (TPSA) is 71.3 Å². The van der Waals surface area contributed by atoms with Gasteiger partial charge in [0.15, 0.2) is 17.2 Å². The molecule has 5 rings (SSSR count). The minimum atomic E-state index is 0.00208. The van der Waals surface area contributed by atoms with Crippen LogP contribution in [0, 0.1) is 0 Å². The van der Waals surface area contributed by atoms with Crippen LogP contribution in [-0.2, 0) is 13.0 Å². The van der Waals surface area contributed by atoms with Gasteiger partial charge in [-0.25, -0.2) is 0 Å². The average Bonchev–Trinajstić information content (AvgIpc) is 3.49. The van der Waals surface area contributed by atoms with Crippen LogP contribution in [0.1, 0.15) is 48.0 Å². The zero-order valence-corrected chi connectivity index (χ0v) is 18.8. The first-order valence-corrected chi connectivity index (χ1v) is 11.8. The second kappa shape index (κ2) is 9.50. The van der Waals surface area contributed by atoms with E-state index in [1.807, 2.05) is 17.0 Å². The van der Waals surface area contributed by atoms with Gasteiger partial charge in [-0.3, -0.25) is 14.6 Å². The van der Waals surface area contributed by atoms with Crippen molar-refractivity contribution in [3.63, 3.8) is 0 Å². The molecule has 8 heteroatoms. The van der Waals surface area contributed by atoms with Crippen molar-refractivity contribution in [3.05, 3.63) is 41.3 Å². The molecule has 3 aliphatic rings. The Hall–Kier alpha value is -2.58. The maximum absolute atomic E-state index is 12.9. The molecule has 2 saturated heterocycles. The Morgan fingerprint density at radius 2 is 1.94 bits per heavy atom. The molecule has 1 amide bonds. The van der Waals surface area contributed by atoms with E-state index in [1.165, 1.54) is 5.56 Å². The summed E-state index contributed by atoms with van der Waals surface area (Å²) in [5, 5.41) is 4.02. The molecule has 1 aromatic carbocycles. The van der Waals surface area contributed by atoms with Gasteiger partial charge in [0.2, 0.25) is 6.79 Å². The van der Waals surface area contributed by atoms with Crippen molar-refractivity contribution in [1.29, 1.82) is 0 Å². The molecule has 2 fully saturated rings. The number of carbonyl (C=O) groups excluding carboxylic acids is 1. The molecule has 32 heavy (non-hydrogen) atoms. The lowest BCUT2D eigenvalue weighted by atomic mass is 10.0. The van der Waals surface area contributed by atoms with Crippen LogP contribution in [0.15, 0.2) is 28.8 Å². The van der Waals surface area contributed by atoms with Crippen LogP contribution >= 0.6 is 0 Å². The summed E-state index contributed by atoms with van der Waals surface area (Å²) in [7, 11) is 0. The molecule has 1 atom stereocenters. The summed E-state index contributed by atoms with van der Waals surface area (Å²) >= 11 is 0. The smallest absolute Gasteiger partial charge is 0.276 e. The number of hydrogen-bond donors (Lipinski definition) is 0. The van der Waals surface area contributed by atoms with E-state index in [2.05, 4.69) is 34.0 Å². The molecular weight excluding hydrogens is 408 g/mol. The standard InChI is InChI=1S/C24H32N4O4/c1-2-4-20-14-21(25-32-20)24(29)28-8-3-5-19(16-28)27-11-9-26(10-12-27)15-18-6-7-22-23(13-18)31-17-30-22/h6-7,13-14,19H,2-5,8-12,15-17H2,1H3. The van der Waals surface area contributed by atoms with Gasteiger partial charge >= 0.3 is 0 Å². The van der Waals surface area contributed by atoms with Gasteiger partial charge in [0.25, 0.3) is 5.91 Å². The van der Waals surface area contributed by atoms with Crippen LogP contribution in [0.5, 0.6) is 11.5 Å². The van der Waals surface area contributed by atoms with Gasteiger partial charge in [-0.05, 0) is 37.0 Å². The number of fused-ring (bicyclic) bond motifs is 1. The number of piperidine rings is 1. The lowest BCUT2D eigenvalue weighted by Crippen LogP contribution is -2.55. The summed E-state index contributed by atoms with van der Waals surface area (Å²) < 4.78 is 16.2. The number of rotatable bonds is 6. The zero-order chi connectivity index (χ0) is 21.9. The highest BCUT2D eigenvalue weighted by Gasteiger charge is 2.31. The summed E-state index contributed by atoms with van der Waals surface area (Å²) in [5.74, 6) is 2.48. The summed E-state index contributed by atoms with van der Waals surface area (Å²) in [5.41, 5.74) is 1.70. The van der Waals surface area contributed by atoms with Gasteiger partial charge in [0.1, 0.15) is 5.76 Å². The van der Waals surface area contributed by atoms with Crippen LogP contribution in [0.4, 0.5) is 0 Å². The Kier molecular flexibility index (Phi) is 6.32. The first kappa shape index (κ1) is 21.3. The van der Waals surface area contributed by atoms with Crippen LogP contribution in [0.2, 0.25) is 0 Å². The van der Waals surface area contributed by atoms with E-state index in [0.717, 1.165) is 88.8 Å². The van der Waals surface area contributed by atoms with Crippen LogP contribution in [0.3, 0.4) is 0 Å². The Morgan fingerprint density at radius 3 is 2.78 bits per heavy atom. The molecule has 0 bridgehead atoms. The molecular formula is C24H32N4O4. The quantitative estimate of drug-likeness (QED) is 0.684. The van der Waals surface area contributed by atoms with E-state index < -0.39 is 0 Å². The molecule has 0 N–H and O–H groups in total. The fourth-order valence-corrected chi connectivity index (χ4v) is 4.96. The molecule has 2 aromatic rings. The van der Waals surface area contributed by atoms with E-state index in [4.69, 9.17) is 14.0 Å². The van der Waals surface area contributed by atoms with Crippen LogP contribution in [-0.4, -0.2) is 77.9 Å². The second-order valence-corrected chi connectivity index (χ2v) is 8.98. The van der Waals surface area contributed by atoms with Crippen molar-refractivity contribution in [2.24, 2.45) is 0 Å². The molecule has 172 valence electrons. The molecule has 8 nitrogen and oxygen atoms in total. The predicted molar refractivity (Wildman–Crippen MR) is 119 cm³/mol. The Bertz CT molecular complexity index is 938. The SMILES string of the molecule is CCCc1cc(C(=O)N2CCCC(N3CCN(Cc4ccc5c(c4)OCO5)CC3)C2)no1. The Labute approximate surface area is 189 Å². The molecule has 0 spiro atoms. The minimum Gasteiger partial charge on any atom is -0.454 e. The van der Waals surface area contributed by atoms with E-state index >= 15 is 0 Å². The van der Waals surface area contributed by atoms with Gasteiger partial charge in [0, 0.05) is 64.3 Å². The average molecular weight is 441 g/mol. The minimum absolute atomic E-state index is 0.00208. The first-order chi connectivity index (χ1) is 15.7. The van der Waals surface area contributed by atoms with Crippen molar-refractivity contribution in [2.45, 2.75) is 45.2 Å². The number of amides is 1. The number of likely N-dealkylation sites (tertiary alicyclic amines) is 1. The van der Waals surface area contributed by atoms with Gasteiger partial charge < -0.3 is 18.9 Å². The van der Waals surface area contributed by atoms with Gasteiger partial charge in [-0.2, -0.15) is 0 Å². The summed E-state index contributed by atoms with van der Waals surface area (Å²) in [6.45, 7) is 9.02. The number of benzene rings is 1. The van der Waals surface area contributed by atoms with E-state index in [9.17, 15) is 4.79 Å². The zero-order valence-electron chi connectivity index (χ0n) is 18.8. The third-order valence-electron chi connectivity index (χ3n) is 6.72. The predicted octanol–water partition coefficient (Wildman–Crippen LogP) is 2.78. The number of hydrogen-bond acceptors (Lipinski definition) is 7. The summed E-state index contributed by atoms with van der Waals surface area (Å²) in [6, 6.07) is 8.45. The normalized spacial score (nSPS) is 21.8. The van der Waals surface area contributed by atoms with Gasteiger partial charge in [0.05, 0.1) is 0 Å². The molecule has 1 aromatic heterocycles. The Balaban J connectivity index is 1.13. The number of aryl methyl sites for hydroxylation is 1. The highest BCUT2D eigenvalue weighted by atomic mass is 16.7. The van der Waals surface area contributed by atoms with Crippen molar-refractivity contribution in [1.82, 2.24) is 19.9 Å². The fraction of sp³-hybridized carbons (Fsp3) is 0.583. The van der Waals surface area contributed by atoms with E-state index in [1.54, 1.807) is 0 Å².